The molecule has 0 atom stereocenters. The third-order valence-corrected chi connectivity index (χ3v) is 2.92. The highest BCUT2D eigenvalue weighted by Crippen LogP contribution is 2.34. The molecule has 0 N–H and O–H groups in total. The van der Waals surface area contributed by atoms with Gasteiger partial charge in [-0.25, -0.2) is 13.8 Å². The number of ether oxygens (including phenoxy) is 1. The van der Waals surface area contributed by atoms with Gasteiger partial charge in [-0.3, -0.25) is 4.79 Å². The number of pyridine rings is 1. The summed E-state index contributed by atoms with van der Waals surface area (Å²) < 4.78 is 30.0. The van der Waals surface area contributed by atoms with Crippen LogP contribution in [-0.2, 0) is 0 Å². The monoisotopic (exact) mass is 347 g/mol. The van der Waals surface area contributed by atoms with Gasteiger partial charge in [-0.2, -0.15) is 0 Å². The number of alkyl halides is 2. The number of carbonyl (C=O) groups is 1. The zero-order chi connectivity index (χ0) is 11.6. The van der Waals surface area contributed by atoms with Crippen LogP contribution in [-0.4, -0.2) is 17.3 Å². The van der Waals surface area contributed by atoms with E-state index in [4.69, 9.17) is 16.3 Å². The lowest BCUT2D eigenvalue weighted by Crippen LogP contribution is -2.05. The summed E-state index contributed by atoms with van der Waals surface area (Å²) in [6.07, 6.45) is -1.69. The van der Waals surface area contributed by atoms with E-state index in [-0.39, 0.29) is 20.6 Å². The highest BCUT2D eigenvalue weighted by molar-refractivity contribution is 14.1. The van der Waals surface area contributed by atoms with Crippen LogP contribution in [0, 0.1) is 3.57 Å². The van der Waals surface area contributed by atoms with Gasteiger partial charge in [0, 0.05) is 0 Å². The third kappa shape index (κ3) is 2.54. The number of nitrogens with zero attached hydrogens (tertiary/aromatic N) is 1. The van der Waals surface area contributed by atoms with Crippen LogP contribution < -0.4 is 4.74 Å². The minimum atomic E-state index is -2.75. The predicted molar refractivity (Wildman–Crippen MR) is 58.6 cm³/mol. The lowest BCUT2D eigenvalue weighted by atomic mass is 10.2. The zero-order valence-electron chi connectivity index (χ0n) is 7.43. The summed E-state index contributed by atoms with van der Waals surface area (Å²) in [7, 11) is 1.25. The summed E-state index contributed by atoms with van der Waals surface area (Å²) in [6, 6.07) is 0. The first-order chi connectivity index (χ1) is 6.99. The molecule has 0 amide bonds. The molecule has 0 saturated heterocycles. The Hall–Kier alpha value is -0.500. The standard InChI is InChI=1S/C8H5ClF2INO2/c1-15-3-2-13-6(7(9)14)5(12)4(3)8(10)11/h2,8H,1H3. The molecule has 0 aromatic carbocycles. The van der Waals surface area contributed by atoms with Gasteiger partial charge in [0.1, 0.15) is 11.4 Å². The van der Waals surface area contributed by atoms with E-state index in [0.717, 1.165) is 6.20 Å². The van der Waals surface area contributed by atoms with Gasteiger partial charge in [-0.15, -0.1) is 0 Å². The van der Waals surface area contributed by atoms with Crippen molar-refractivity contribution in [1.29, 1.82) is 0 Å². The Bertz CT molecular complexity index is 400. The number of methoxy groups -OCH3 is 1. The maximum absolute atomic E-state index is 12.7. The van der Waals surface area contributed by atoms with Crippen LogP contribution in [0.2, 0.25) is 0 Å². The highest BCUT2D eigenvalue weighted by Gasteiger charge is 2.23. The van der Waals surface area contributed by atoms with Gasteiger partial charge in [-0.05, 0) is 34.2 Å². The second-order valence-electron chi connectivity index (χ2n) is 2.48. The van der Waals surface area contributed by atoms with E-state index in [1.807, 2.05) is 0 Å². The van der Waals surface area contributed by atoms with Crippen LogP contribution in [0.1, 0.15) is 22.5 Å². The Morgan fingerprint density at radius 1 is 1.67 bits per heavy atom. The smallest absolute Gasteiger partial charge is 0.271 e. The van der Waals surface area contributed by atoms with Gasteiger partial charge in [0.05, 0.1) is 22.4 Å². The SMILES string of the molecule is COc1cnc(C(=O)Cl)c(I)c1C(F)F. The lowest BCUT2D eigenvalue weighted by Gasteiger charge is -2.10. The number of aromatic nitrogens is 1. The van der Waals surface area contributed by atoms with Crippen molar-refractivity contribution >= 4 is 39.4 Å². The summed E-state index contributed by atoms with van der Waals surface area (Å²) in [5.74, 6) is -0.0592. The van der Waals surface area contributed by atoms with E-state index in [0.29, 0.717) is 0 Å². The first-order valence-electron chi connectivity index (χ1n) is 3.69. The fourth-order valence-corrected chi connectivity index (χ4v) is 2.18. The summed E-state index contributed by atoms with van der Waals surface area (Å²) in [6.45, 7) is 0. The van der Waals surface area contributed by atoms with Crippen LogP contribution in [0.25, 0.3) is 0 Å². The molecule has 1 aromatic heterocycles. The molecule has 0 spiro atoms. The lowest BCUT2D eigenvalue weighted by molar-refractivity contribution is 0.107. The van der Waals surface area contributed by atoms with E-state index >= 15 is 0 Å². The van der Waals surface area contributed by atoms with Gasteiger partial charge in [0.25, 0.3) is 11.7 Å². The minimum Gasteiger partial charge on any atom is -0.495 e. The number of hydrogen-bond acceptors (Lipinski definition) is 3. The molecule has 1 heterocycles. The molecule has 0 saturated carbocycles. The van der Waals surface area contributed by atoms with E-state index in [1.165, 1.54) is 7.11 Å². The molecule has 1 aromatic rings. The molecule has 15 heavy (non-hydrogen) atoms. The summed E-state index contributed by atoms with van der Waals surface area (Å²) in [5.41, 5.74) is -0.550. The molecule has 3 nitrogen and oxygen atoms in total. The summed E-state index contributed by atoms with van der Waals surface area (Å²) in [4.78, 5) is 14.5. The third-order valence-electron chi connectivity index (χ3n) is 1.65. The number of carbonyl (C=O) groups excluding carboxylic acids is 1. The molecule has 0 fully saturated rings. The fourth-order valence-electron chi connectivity index (χ4n) is 0.988. The van der Waals surface area contributed by atoms with Gasteiger partial charge >= 0.3 is 0 Å². The largest absolute Gasteiger partial charge is 0.495 e. The molecule has 0 aliphatic heterocycles. The Morgan fingerprint density at radius 2 is 2.27 bits per heavy atom. The van der Waals surface area contributed by atoms with Gasteiger partial charge in [0.2, 0.25) is 0 Å². The van der Waals surface area contributed by atoms with Crippen LogP contribution in [0.3, 0.4) is 0 Å². The second kappa shape index (κ2) is 5.02. The second-order valence-corrected chi connectivity index (χ2v) is 3.90. The number of rotatable bonds is 3. The van der Waals surface area contributed by atoms with Crippen LogP contribution in [0.15, 0.2) is 6.20 Å². The molecule has 1 rings (SSSR count). The van der Waals surface area contributed by atoms with E-state index < -0.39 is 11.7 Å². The Labute approximate surface area is 103 Å². The average molecular weight is 347 g/mol. The van der Waals surface area contributed by atoms with Crippen molar-refractivity contribution in [2.24, 2.45) is 0 Å². The van der Waals surface area contributed by atoms with E-state index in [9.17, 15) is 13.6 Å². The molecule has 0 radical (unpaired) electrons. The minimum absolute atomic E-state index is 0.0157. The Balaban J connectivity index is 3.42. The van der Waals surface area contributed by atoms with Crippen molar-refractivity contribution in [3.05, 3.63) is 21.0 Å². The van der Waals surface area contributed by atoms with Crippen LogP contribution in [0.4, 0.5) is 8.78 Å². The molecule has 0 unspecified atom stereocenters. The van der Waals surface area contributed by atoms with E-state index in [2.05, 4.69) is 4.98 Å². The number of halogens is 4. The van der Waals surface area contributed by atoms with Gasteiger partial charge < -0.3 is 4.74 Å². The molecule has 7 heteroatoms. The number of hydrogen-bond donors (Lipinski definition) is 0. The van der Waals surface area contributed by atoms with Crippen LogP contribution >= 0.6 is 34.2 Å². The van der Waals surface area contributed by atoms with E-state index in [1.54, 1.807) is 22.6 Å². The molecule has 82 valence electrons. The van der Waals surface area contributed by atoms with Gasteiger partial charge in [0.15, 0.2) is 0 Å². The quantitative estimate of drug-likeness (QED) is 0.623. The fraction of sp³-hybridized carbons (Fsp3) is 0.250. The summed E-state index contributed by atoms with van der Waals surface area (Å²) in [5, 5.41) is -0.871. The van der Waals surface area contributed by atoms with Crippen molar-refractivity contribution in [1.82, 2.24) is 4.98 Å². The average Bonchev–Trinajstić information content (AvgIpc) is 2.15. The summed E-state index contributed by atoms with van der Waals surface area (Å²) >= 11 is 6.78. The molecule has 0 bridgehead atoms. The van der Waals surface area contributed by atoms with Crippen molar-refractivity contribution < 1.29 is 18.3 Å². The Morgan fingerprint density at radius 3 is 2.67 bits per heavy atom. The maximum Gasteiger partial charge on any atom is 0.271 e. The first kappa shape index (κ1) is 12.6. The van der Waals surface area contributed by atoms with Crippen molar-refractivity contribution in [3.8, 4) is 5.75 Å². The molecule has 0 aliphatic carbocycles. The first-order valence-corrected chi connectivity index (χ1v) is 5.15. The molecular formula is C8H5ClF2INO2. The molecule has 0 aliphatic rings. The molecular weight excluding hydrogens is 342 g/mol. The highest BCUT2D eigenvalue weighted by atomic mass is 127. The van der Waals surface area contributed by atoms with Crippen LogP contribution in [0.5, 0.6) is 5.75 Å². The Kier molecular flexibility index (Phi) is 4.21. The normalized spacial score (nSPS) is 10.5. The van der Waals surface area contributed by atoms with Crippen molar-refractivity contribution in [3.63, 3.8) is 0 Å². The van der Waals surface area contributed by atoms with Crippen molar-refractivity contribution in [2.45, 2.75) is 6.43 Å². The topological polar surface area (TPSA) is 39.2 Å². The maximum atomic E-state index is 12.7. The zero-order valence-corrected chi connectivity index (χ0v) is 10.3. The van der Waals surface area contributed by atoms with Gasteiger partial charge in [-0.1, -0.05) is 0 Å². The van der Waals surface area contributed by atoms with Crippen molar-refractivity contribution in [2.75, 3.05) is 7.11 Å². The predicted octanol–water partition coefficient (Wildman–Crippen LogP) is 3.01.